The molecule has 2 aromatic carbocycles. The normalized spacial score (nSPS) is 12.9. The van der Waals surface area contributed by atoms with Crippen LogP contribution in [0.15, 0.2) is 47.9 Å². The molecule has 0 fully saturated rings. The van der Waals surface area contributed by atoms with E-state index in [2.05, 4.69) is 4.98 Å². The summed E-state index contributed by atoms with van der Waals surface area (Å²) in [6.07, 6.45) is 2.34. The molecule has 3 aromatic rings. The highest BCUT2D eigenvalue weighted by molar-refractivity contribution is 7.93. The van der Waals surface area contributed by atoms with Crippen molar-refractivity contribution in [2.24, 2.45) is 0 Å². The summed E-state index contributed by atoms with van der Waals surface area (Å²) < 4.78 is 63.5. The van der Waals surface area contributed by atoms with E-state index in [0.717, 1.165) is 15.6 Å². The Morgan fingerprint density at radius 2 is 1.81 bits per heavy atom. The maximum Gasteiger partial charge on any atom is 0.237 e. The minimum atomic E-state index is -3.81. The summed E-state index contributed by atoms with van der Waals surface area (Å²) in [5, 5.41) is 0.978. The highest BCUT2D eigenvalue weighted by Gasteiger charge is 2.21. The van der Waals surface area contributed by atoms with Crippen LogP contribution in [0.1, 0.15) is 17.0 Å². The van der Waals surface area contributed by atoms with Crippen molar-refractivity contribution >= 4 is 37.0 Å². The smallest absolute Gasteiger partial charge is 0.231 e. The van der Waals surface area contributed by atoms with Crippen LogP contribution in [0.3, 0.4) is 0 Å². The quantitative estimate of drug-likeness (QED) is 0.648. The van der Waals surface area contributed by atoms with Crippen LogP contribution >= 0.6 is 0 Å². The van der Waals surface area contributed by atoms with Crippen molar-refractivity contribution in [1.82, 2.24) is 8.96 Å². The first-order valence-electron chi connectivity index (χ1n) is 7.91. The Morgan fingerprint density at radius 3 is 2.48 bits per heavy atom. The molecule has 0 unspecified atom stereocenters. The molecule has 0 bridgehead atoms. The van der Waals surface area contributed by atoms with Crippen molar-refractivity contribution in [3.63, 3.8) is 0 Å². The average molecular weight is 408 g/mol. The van der Waals surface area contributed by atoms with Crippen LogP contribution in [0, 0.1) is 12.7 Å². The third kappa shape index (κ3) is 4.25. The van der Waals surface area contributed by atoms with Crippen molar-refractivity contribution in [1.29, 1.82) is 0 Å². The molecule has 0 N–H and O–H groups in total. The van der Waals surface area contributed by atoms with Crippen molar-refractivity contribution < 1.29 is 21.2 Å². The predicted molar refractivity (Wildman–Crippen MR) is 103 cm³/mol. The molecule has 0 radical (unpaired) electrons. The summed E-state index contributed by atoms with van der Waals surface area (Å²) in [6, 6.07) is 10.8. The molecule has 0 spiro atoms. The van der Waals surface area contributed by atoms with Crippen LogP contribution in [0.4, 0.5) is 4.39 Å². The van der Waals surface area contributed by atoms with Gasteiger partial charge in [0, 0.05) is 5.41 Å². The lowest BCUT2D eigenvalue weighted by Crippen LogP contribution is -2.16. The molecular weight excluding hydrogens is 391 g/mol. The van der Waals surface area contributed by atoms with E-state index in [0.29, 0.717) is 22.2 Å². The van der Waals surface area contributed by atoms with Gasteiger partial charge in [0.05, 0.1) is 17.3 Å². The van der Waals surface area contributed by atoms with Crippen LogP contribution in [-0.4, -0.2) is 32.0 Å². The Kier molecular flexibility index (Phi) is 4.92. The molecule has 0 aliphatic heterocycles. The zero-order chi connectivity index (χ0) is 19.8. The number of imidazole rings is 1. The van der Waals surface area contributed by atoms with Crippen molar-refractivity contribution in [2.45, 2.75) is 12.7 Å². The van der Waals surface area contributed by atoms with E-state index in [1.807, 2.05) is 0 Å². The fourth-order valence-corrected chi connectivity index (χ4v) is 4.79. The third-order valence-corrected chi connectivity index (χ3v) is 6.18. The van der Waals surface area contributed by atoms with Crippen molar-refractivity contribution in [2.75, 3.05) is 6.26 Å². The molecule has 6 nitrogen and oxygen atoms in total. The molecule has 0 amide bonds. The number of aromatic nitrogens is 2. The number of benzene rings is 2. The molecule has 0 atom stereocenters. The molecular formula is C18H17FN2O4S2. The first kappa shape index (κ1) is 19.2. The number of hydrogen-bond donors (Lipinski definition) is 0. The molecule has 1 heterocycles. The van der Waals surface area contributed by atoms with E-state index in [4.69, 9.17) is 0 Å². The van der Waals surface area contributed by atoms with Gasteiger partial charge in [-0.15, -0.1) is 0 Å². The maximum atomic E-state index is 13.3. The molecule has 0 aliphatic carbocycles. The lowest BCUT2D eigenvalue weighted by atomic mass is 10.1. The SMILES string of the molecule is Cc1cc(/C=C/S(=O)(=O)Cc2nc3ccccc3n2S(C)(=O)=O)ccc1F. The van der Waals surface area contributed by atoms with Crippen LogP contribution in [-0.2, 0) is 25.6 Å². The first-order chi connectivity index (χ1) is 12.6. The summed E-state index contributed by atoms with van der Waals surface area (Å²) in [5.74, 6) is -1.04. The summed E-state index contributed by atoms with van der Waals surface area (Å²) in [7, 11) is -7.55. The van der Waals surface area contributed by atoms with Crippen molar-refractivity contribution in [3.8, 4) is 0 Å². The number of sulfone groups is 1. The van der Waals surface area contributed by atoms with Gasteiger partial charge in [-0.05, 0) is 48.4 Å². The minimum absolute atomic E-state index is 0.0846. The van der Waals surface area contributed by atoms with Crippen LogP contribution < -0.4 is 0 Å². The summed E-state index contributed by atoms with van der Waals surface area (Å²) in [5.41, 5.74) is 1.64. The maximum absolute atomic E-state index is 13.3. The number of halogens is 1. The van der Waals surface area contributed by atoms with E-state index >= 15 is 0 Å². The lowest BCUT2D eigenvalue weighted by Gasteiger charge is -2.06. The van der Waals surface area contributed by atoms with Crippen LogP contribution in [0.25, 0.3) is 17.1 Å². The Labute approximate surface area is 156 Å². The summed E-state index contributed by atoms with van der Waals surface area (Å²) in [4.78, 5) is 4.17. The largest absolute Gasteiger partial charge is 0.237 e. The number of rotatable bonds is 5. The van der Waals surface area contributed by atoms with E-state index in [-0.39, 0.29) is 11.6 Å². The average Bonchev–Trinajstić information content (AvgIpc) is 2.93. The number of nitrogens with zero attached hydrogens (tertiary/aromatic N) is 2. The van der Waals surface area contributed by atoms with Crippen LogP contribution in [0.5, 0.6) is 0 Å². The zero-order valence-corrected chi connectivity index (χ0v) is 16.3. The van der Waals surface area contributed by atoms with E-state index < -0.39 is 25.6 Å². The van der Waals surface area contributed by atoms with Gasteiger partial charge >= 0.3 is 0 Å². The number of aryl methyl sites for hydroxylation is 1. The number of hydrogen-bond acceptors (Lipinski definition) is 5. The van der Waals surface area contributed by atoms with Gasteiger partial charge in [0.1, 0.15) is 17.4 Å². The molecule has 0 saturated carbocycles. The molecule has 1 aromatic heterocycles. The Hall–Kier alpha value is -2.52. The van der Waals surface area contributed by atoms with Gasteiger partial charge in [-0.2, -0.15) is 0 Å². The lowest BCUT2D eigenvalue weighted by molar-refractivity contribution is 0.591. The highest BCUT2D eigenvalue weighted by Crippen LogP contribution is 2.20. The van der Waals surface area contributed by atoms with Gasteiger partial charge in [-0.3, -0.25) is 0 Å². The van der Waals surface area contributed by atoms with E-state index in [1.165, 1.54) is 24.3 Å². The first-order valence-corrected chi connectivity index (χ1v) is 11.5. The standard InChI is InChI=1S/C18H17FN2O4S2/c1-13-11-14(7-8-15(13)19)9-10-27(24,25)12-18-20-16-5-3-4-6-17(16)21(18)26(2,22)23/h3-11H,12H2,1-2H3/b10-9+. The number of para-hydroxylation sites is 2. The third-order valence-electron chi connectivity index (χ3n) is 3.90. The molecule has 0 aliphatic rings. The number of fused-ring (bicyclic) bond motifs is 1. The van der Waals surface area contributed by atoms with Crippen LogP contribution in [0.2, 0.25) is 0 Å². The minimum Gasteiger partial charge on any atom is -0.231 e. The van der Waals surface area contributed by atoms with Gasteiger partial charge in [0.2, 0.25) is 10.0 Å². The monoisotopic (exact) mass is 408 g/mol. The fourth-order valence-electron chi connectivity index (χ4n) is 2.70. The Bertz CT molecular complexity index is 1260. The molecule has 0 saturated heterocycles. The van der Waals surface area contributed by atoms with E-state index in [1.54, 1.807) is 31.2 Å². The van der Waals surface area contributed by atoms with Gasteiger partial charge < -0.3 is 0 Å². The van der Waals surface area contributed by atoms with Crippen molar-refractivity contribution in [3.05, 3.63) is 70.6 Å². The Morgan fingerprint density at radius 1 is 1.11 bits per heavy atom. The van der Waals surface area contributed by atoms with Gasteiger partial charge in [0.15, 0.2) is 9.84 Å². The Balaban J connectivity index is 1.98. The van der Waals surface area contributed by atoms with Gasteiger partial charge in [-0.25, -0.2) is 30.2 Å². The highest BCUT2D eigenvalue weighted by atomic mass is 32.2. The van der Waals surface area contributed by atoms with Gasteiger partial charge in [0.25, 0.3) is 0 Å². The topological polar surface area (TPSA) is 86.1 Å². The summed E-state index contributed by atoms with van der Waals surface area (Å²) in [6.45, 7) is 1.58. The zero-order valence-electron chi connectivity index (χ0n) is 14.6. The molecule has 142 valence electrons. The second kappa shape index (κ2) is 6.90. The molecule has 3 rings (SSSR count). The fraction of sp³-hybridized carbons (Fsp3) is 0.167. The second-order valence-corrected chi connectivity index (χ2v) is 9.88. The summed E-state index contributed by atoms with van der Waals surface area (Å²) >= 11 is 0. The van der Waals surface area contributed by atoms with E-state index in [9.17, 15) is 21.2 Å². The van der Waals surface area contributed by atoms with Gasteiger partial charge in [-0.1, -0.05) is 18.2 Å². The predicted octanol–water partition coefficient (Wildman–Crippen LogP) is 2.88. The molecule has 27 heavy (non-hydrogen) atoms. The second-order valence-electron chi connectivity index (χ2n) is 6.16. The molecule has 9 heteroatoms.